The van der Waals surface area contributed by atoms with Crippen LogP contribution in [-0.4, -0.2) is 30.1 Å². The molecular weight excluding hydrogens is 328 g/mol. The van der Waals surface area contributed by atoms with E-state index in [0.29, 0.717) is 13.2 Å². The zero-order chi connectivity index (χ0) is 14.7. The quantitative estimate of drug-likeness (QED) is 0.673. The number of rotatable bonds is 4. The van der Waals surface area contributed by atoms with Gasteiger partial charge in [-0.2, -0.15) is 0 Å². The Hall–Kier alpha value is -1.47. The van der Waals surface area contributed by atoms with Crippen LogP contribution < -0.4 is 5.32 Å². The molecule has 2 atom stereocenters. The molecule has 7 heteroatoms. The maximum Gasteiger partial charge on any atom is 0.284 e. The lowest BCUT2D eigenvalue weighted by Crippen LogP contribution is -2.32. The molecule has 1 fully saturated rings. The highest BCUT2D eigenvalue weighted by Gasteiger charge is 2.25. The molecule has 1 aliphatic heterocycles. The number of halogens is 1. The van der Waals surface area contributed by atoms with E-state index in [1.54, 1.807) is 6.07 Å². The van der Waals surface area contributed by atoms with Gasteiger partial charge in [-0.05, 0) is 35.3 Å². The zero-order valence-corrected chi connectivity index (χ0v) is 12.6. The van der Waals surface area contributed by atoms with E-state index in [9.17, 15) is 14.9 Å². The van der Waals surface area contributed by atoms with Crippen molar-refractivity contribution in [2.24, 2.45) is 5.92 Å². The third kappa shape index (κ3) is 3.16. The van der Waals surface area contributed by atoms with Crippen LogP contribution in [0.25, 0.3) is 0 Å². The molecule has 1 amide bonds. The third-order valence-electron chi connectivity index (χ3n) is 3.48. The van der Waals surface area contributed by atoms with Crippen LogP contribution in [0, 0.1) is 16.0 Å². The Morgan fingerprint density at radius 3 is 2.95 bits per heavy atom. The predicted molar refractivity (Wildman–Crippen MR) is 76.7 cm³/mol. The molecule has 1 N–H and O–H groups in total. The minimum absolute atomic E-state index is 0.116. The Morgan fingerprint density at radius 1 is 1.60 bits per heavy atom. The number of nitrogens with zero attached hydrogens (tertiary/aromatic N) is 1. The summed E-state index contributed by atoms with van der Waals surface area (Å²) in [6.45, 7) is 3.20. The largest absolute Gasteiger partial charge is 0.378 e. The average molecular weight is 343 g/mol. The Balaban J connectivity index is 2.06. The molecule has 0 bridgehead atoms. The zero-order valence-electron chi connectivity index (χ0n) is 11.0. The summed E-state index contributed by atoms with van der Waals surface area (Å²) in [6, 6.07) is 4.41. The van der Waals surface area contributed by atoms with Gasteiger partial charge in [0.25, 0.3) is 11.6 Å². The SMILES string of the molecule is CC1OCCC1CNC(=O)c1cccc([N+](=O)[O-])c1Br. The molecular formula is C13H15BrN2O4. The predicted octanol–water partition coefficient (Wildman–Crippen LogP) is 2.51. The van der Waals surface area contributed by atoms with E-state index in [2.05, 4.69) is 21.2 Å². The molecule has 1 heterocycles. The number of hydrogen-bond acceptors (Lipinski definition) is 4. The normalized spacial score (nSPS) is 21.7. The summed E-state index contributed by atoms with van der Waals surface area (Å²) in [5, 5.41) is 13.6. The average Bonchev–Trinajstić information content (AvgIpc) is 2.81. The molecule has 1 saturated heterocycles. The van der Waals surface area contributed by atoms with Crippen molar-refractivity contribution in [3.63, 3.8) is 0 Å². The fourth-order valence-electron chi connectivity index (χ4n) is 2.20. The van der Waals surface area contributed by atoms with Gasteiger partial charge in [-0.25, -0.2) is 0 Å². The van der Waals surface area contributed by atoms with Crippen molar-refractivity contribution in [3.8, 4) is 0 Å². The number of carbonyl (C=O) groups is 1. The second-order valence-corrected chi connectivity index (χ2v) is 5.52. The van der Waals surface area contributed by atoms with Gasteiger partial charge in [0.1, 0.15) is 4.47 Å². The van der Waals surface area contributed by atoms with Crippen LogP contribution >= 0.6 is 15.9 Å². The number of amides is 1. The van der Waals surface area contributed by atoms with E-state index in [1.807, 2.05) is 6.92 Å². The highest BCUT2D eigenvalue weighted by Crippen LogP contribution is 2.28. The first kappa shape index (κ1) is 14.9. The Bertz CT molecular complexity index is 535. The van der Waals surface area contributed by atoms with Crippen LogP contribution in [0.3, 0.4) is 0 Å². The molecule has 1 aromatic rings. The molecule has 20 heavy (non-hydrogen) atoms. The molecule has 2 rings (SSSR count). The Kier molecular flexibility index (Phi) is 4.72. The number of ether oxygens (including phenoxy) is 1. The van der Waals surface area contributed by atoms with Gasteiger partial charge in [0.2, 0.25) is 0 Å². The molecule has 0 saturated carbocycles. The topological polar surface area (TPSA) is 81.5 Å². The number of nitro groups is 1. The second kappa shape index (κ2) is 6.32. The maximum absolute atomic E-state index is 12.1. The van der Waals surface area contributed by atoms with Gasteiger partial charge < -0.3 is 10.1 Å². The van der Waals surface area contributed by atoms with Crippen molar-refractivity contribution < 1.29 is 14.5 Å². The monoisotopic (exact) mass is 342 g/mol. The van der Waals surface area contributed by atoms with Gasteiger partial charge in [-0.15, -0.1) is 0 Å². The summed E-state index contributed by atoms with van der Waals surface area (Å²) >= 11 is 3.12. The Morgan fingerprint density at radius 2 is 2.35 bits per heavy atom. The van der Waals surface area contributed by atoms with E-state index >= 15 is 0 Å². The number of nitrogens with one attached hydrogen (secondary N) is 1. The van der Waals surface area contributed by atoms with Gasteiger partial charge in [0.05, 0.1) is 16.6 Å². The summed E-state index contributed by atoms with van der Waals surface area (Å²) in [7, 11) is 0. The van der Waals surface area contributed by atoms with E-state index < -0.39 is 4.92 Å². The van der Waals surface area contributed by atoms with Crippen LogP contribution in [0.1, 0.15) is 23.7 Å². The van der Waals surface area contributed by atoms with Crippen molar-refractivity contribution in [3.05, 3.63) is 38.3 Å². The molecule has 0 spiro atoms. The van der Waals surface area contributed by atoms with Crippen molar-refractivity contribution >= 4 is 27.5 Å². The van der Waals surface area contributed by atoms with Gasteiger partial charge in [0, 0.05) is 25.1 Å². The molecule has 0 aliphatic carbocycles. The molecule has 0 aromatic heterocycles. The molecule has 6 nitrogen and oxygen atoms in total. The first-order valence-electron chi connectivity index (χ1n) is 6.33. The fraction of sp³-hybridized carbons (Fsp3) is 0.462. The van der Waals surface area contributed by atoms with Crippen LogP contribution in [0.4, 0.5) is 5.69 Å². The molecule has 108 valence electrons. The van der Waals surface area contributed by atoms with Crippen molar-refractivity contribution in [2.45, 2.75) is 19.4 Å². The van der Waals surface area contributed by atoms with Gasteiger partial charge >= 0.3 is 0 Å². The summed E-state index contributed by atoms with van der Waals surface area (Å²) < 4.78 is 5.63. The van der Waals surface area contributed by atoms with Crippen LogP contribution in [0.5, 0.6) is 0 Å². The minimum Gasteiger partial charge on any atom is -0.378 e. The number of carbonyl (C=O) groups excluding carboxylic acids is 1. The smallest absolute Gasteiger partial charge is 0.284 e. The number of nitro benzene ring substituents is 1. The highest BCUT2D eigenvalue weighted by atomic mass is 79.9. The number of benzene rings is 1. The van der Waals surface area contributed by atoms with Gasteiger partial charge in [-0.3, -0.25) is 14.9 Å². The summed E-state index contributed by atoms with van der Waals surface area (Å²) in [5.41, 5.74) is 0.154. The lowest BCUT2D eigenvalue weighted by Gasteiger charge is -2.15. The lowest BCUT2D eigenvalue weighted by atomic mass is 10.0. The molecule has 0 radical (unpaired) electrons. The molecule has 1 aliphatic rings. The van der Waals surface area contributed by atoms with E-state index in [-0.39, 0.29) is 33.7 Å². The van der Waals surface area contributed by atoms with Crippen LogP contribution in [0.15, 0.2) is 22.7 Å². The summed E-state index contributed by atoms with van der Waals surface area (Å²) in [6.07, 6.45) is 1.04. The first-order valence-corrected chi connectivity index (χ1v) is 7.12. The number of hydrogen-bond donors (Lipinski definition) is 1. The molecule has 1 aromatic carbocycles. The lowest BCUT2D eigenvalue weighted by molar-refractivity contribution is -0.385. The standard InChI is InChI=1S/C13H15BrN2O4/c1-8-9(5-6-20-8)7-15-13(17)10-3-2-4-11(12(10)14)16(18)19/h2-4,8-9H,5-7H2,1H3,(H,15,17). The van der Waals surface area contributed by atoms with E-state index in [1.165, 1.54) is 12.1 Å². The van der Waals surface area contributed by atoms with E-state index in [0.717, 1.165) is 6.42 Å². The second-order valence-electron chi connectivity index (χ2n) is 4.73. The molecule has 2 unspecified atom stereocenters. The summed E-state index contributed by atoms with van der Waals surface area (Å²) in [5.74, 6) is -0.0314. The van der Waals surface area contributed by atoms with Crippen molar-refractivity contribution in [2.75, 3.05) is 13.2 Å². The first-order chi connectivity index (χ1) is 9.50. The third-order valence-corrected chi connectivity index (χ3v) is 4.31. The van der Waals surface area contributed by atoms with Crippen molar-refractivity contribution in [1.29, 1.82) is 0 Å². The fourth-order valence-corrected chi connectivity index (χ4v) is 2.79. The van der Waals surface area contributed by atoms with Crippen molar-refractivity contribution in [1.82, 2.24) is 5.32 Å². The van der Waals surface area contributed by atoms with Gasteiger partial charge in [0.15, 0.2) is 0 Å². The van der Waals surface area contributed by atoms with E-state index in [4.69, 9.17) is 4.74 Å². The van der Waals surface area contributed by atoms with Crippen LogP contribution in [-0.2, 0) is 4.74 Å². The van der Waals surface area contributed by atoms with Crippen LogP contribution in [0.2, 0.25) is 0 Å². The minimum atomic E-state index is -0.520. The highest BCUT2D eigenvalue weighted by molar-refractivity contribution is 9.10. The van der Waals surface area contributed by atoms with Gasteiger partial charge in [-0.1, -0.05) is 6.07 Å². The maximum atomic E-state index is 12.1. The Labute approximate surface area is 124 Å². The summed E-state index contributed by atoms with van der Waals surface area (Å²) in [4.78, 5) is 22.4.